The lowest BCUT2D eigenvalue weighted by Crippen LogP contribution is -2.29. The fourth-order valence-electron chi connectivity index (χ4n) is 0.893. The highest BCUT2D eigenvalue weighted by Gasteiger charge is 2.09. The highest BCUT2D eigenvalue weighted by molar-refractivity contribution is 6.33. The van der Waals surface area contributed by atoms with E-state index >= 15 is 0 Å². The Morgan fingerprint density at radius 1 is 1.36 bits per heavy atom. The van der Waals surface area contributed by atoms with E-state index in [-0.39, 0.29) is 22.0 Å². The van der Waals surface area contributed by atoms with Gasteiger partial charge in [0.25, 0.3) is 0 Å². The molecule has 0 bridgehead atoms. The third-order valence-electron chi connectivity index (χ3n) is 1.68. The first-order valence-corrected chi connectivity index (χ1v) is 7.17. The second kappa shape index (κ2) is 9.13. The standard InChI is InChI=1S/C8H19NO4Si/c1-11-9(12-2)7-8(10)13-5-4-6-14-3/h4-7,14H2,1-3H3. The summed E-state index contributed by atoms with van der Waals surface area (Å²) >= 11 is 0. The van der Waals surface area contributed by atoms with Crippen LogP contribution in [0.3, 0.4) is 0 Å². The molecule has 0 unspecified atom stereocenters. The molecule has 5 nitrogen and oxygen atoms in total. The van der Waals surface area contributed by atoms with Gasteiger partial charge in [-0.3, -0.25) is 14.5 Å². The van der Waals surface area contributed by atoms with Gasteiger partial charge in [0.15, 0.2) is 0 Å². The minimum Gasteiger partial charge on any atom is -0.465 e. The predicted molar refractivity (Wildman–Crippen MR) is 55.5 cm³/mol. The van der Waals surface area contributed by atoms with E-state index < -0.39 is 0 Å². The van der Waals surface area contributed by atoms with Crippen molar-refractivity contribution >= 4 is 15.5 Å². The molecular weight excluding hydrogens is 202 g/mol. The predicted octanol–water partition coefficient (Wildman–Crippen LogP) is -0.0203. The highest BCUT2D eigenvalue weighted by atomic mass is 28.2. The first-order valence-electron chi connectivity index (χ1n) is 4.76. The third kappa shape index (κ3) is 7.02. The molecular formula is C8H19NO4Si. The zero-order valence-corrected chi connectivity index (χ0v) is 10.5. The van der Waals surface area contributed by atoms with E-state index in [1.807, 2.05) is 0 Å². The second-order valence-electron chi connectivity index (χ2n) is 2.78. The summed E-state index contributed by atoms with van der Waals surface area (Å²) in [6.45, 7) is 2.73. The van der Waals surface area contributed by atoms with Gasteiger partial charge >= 0.3 is 5.97 Å². The van der Waals surface area contributed by atoms with Gasteiger partial charge in [0, 0.05) is 9.52 Å². The fourth-order valence-corrected chi connectivity index (χ4v) is 1.60. The van der Waals surface area contributed by atoms with Crippen LogP contribution < -0.4 is 0 Å². The molecule has 0 rings (SSSR count). The van der Waals surface area contributed by atoms with Gasteiger partial charge in [0.1, 0.15) is 6.54 Å². The van der Waals surface area contributed by atoms with E-state index in [2.05, 4.69) is 6.55 Å². The average Bonchev–Trinajstić information content (AvgIpc) is 2.21. The Kier molecular flexibility index (Phi) is 8.85. The van der Waals surface area contributed by atoms with Gasteiger partial charge in [-0.25, -0.2) is 0 Å². The van der Waals surface area contributed by atoms with Crippen LogP contribution in [-0.2, 0) is 19.2 Å². The second-order valence-corrected chi connectivity index (χ2v) is 4.49. The first-order chi connectivity index (χ1) is 6.74. The van der Waals surface area contributed by atoms with Crippen LogP contribution in [0.25, 0.3) is 0 Å². The normalized spacial score (nSPS) is 11.4. The van der Waals surface area contributed by atoms with E-state index in [1.165, 1.54) is 20.3 Å². The van der Waals surface area contributed by atoms with Crippen LogP contribution in [-0.4, -0.2) is 48.1 Å². The topological polar surface area (TPSA) is 48.0 Å². The molecule has 0 heterocycles. The van der Waals surface area contributed by atoms with E-state index in [9.17, 15) is 4.79 Å². The first kappa shape index (κ1) is 13.6. The Morgan fingerprint density at radius 2 is 2.00 bits per heavy atom. The van der Waals surface area contributed by atoms with Crippen molar-refractivity contribution < 1.29 is 19.2 Å². The minimum atomic E-state index is -0.327. The molecule has 0 aliphatic heterocycles. The maximum Gasteiger partial charge on any atom is 0.325 e. The smallest absolute Gasteiger partial charge is 0.325 e. The number of rotatable bonds is 8. The van der Waals surface area contributed by atoms with Crippen LogP contribution in [0, 0.1) is 0 Å². The van der Waals surface area contributed by atoms with E-state index in [0.29, 0.717) is 6.61 Å². The third-order valence-corrected chi connectivity index (χ3v) is 2.88. The molecule has 14 heavy (non-hydrogen) atoms. The van der Waals surface area contributed by atoms with Crippen molar-refractivity contribution in [1.29, 1.82) is 0 Å². The lowest BCUT2D eigenvalue weighted by molar-refractivity contribution is -0.339. The quantitative estimate of drug-likeness (QED) is 0.249. The Labute approximate surface area is 87.0 Å². The molecule has 0 amide bonds. The minimum absolute atomic E-state index is 0.00342. The van der Waals surface area contributed by atoms with Gasteiger partial charge in [-0.2, -0.15) is 0 Å². The number of ether oxygens (including phenoxy) is 1. The van der Waals surface area contributed by atoms with Crippen molar-refractivity contribution in [3.8, 4) is 0 Å². The molecule has 0 saturated carbocycles. The van der Waals surface area contributed by atoms with Crippen molar-refractivity contribution in [2.75, 3.05) is 27.4 Å². The summed E-state index contributed by atoms with van der Waals surface area (Å²) in [5.41, 5.74) is 0. The molecule has 0 aliphatic carbocycles. The van der Waals surface area contributed by atoms with Crippen LogP contribution in [0.2, 0.25) is 12.6 Å². The SMILES string of the molecule is CON(CC(=O)OCCC[SiH2]C)OC. The van der Waals surface area contributed by atoms with Crippen molar-refractivity contribution in [2.45, 2.75) is 19.0 Å². The number of carbonyl (C=O) groups is 1. The maximum atomic E-state index is 11.1. The van der Waals surface area contributed by atoms with E-state index in [1.54, 1.807) is 0 Å². The molecule has 0 atom stereocenters. The lowest BCUT2D eigenvalue weighted by Gasteiger charge is -2.14. The molecule has 0 aromatic heterocycles. The van der Waals surface area contributed by atoms with Crippen molar-refractivity contribution in [3.05, 3.63) is 0 Å². The lowest BCUT2D eigenvalue weighted by atomic mass is 10.5. The van der Waals surface area contributed by atoms with Crippen LogP contribution in [0.15, 0.2) is 0 Å². The summed E-state index contributed by atoms with van der Waals surface area (Å²) in [6.07, 6.45) is 0.967. The number of carbonyl (C=O) groups excluding carboxylic acids is 1. The van der Waals surface area contributed by atoms with Crippen molar-refractivity contribution in [2.24, 2.45) is 0 Å². The zero-order valence-electron chi connectivity index (χ0n) is 9.12. The Morgan fingerprint density at radius 3 is 2.50 bits per heavy atom. The molecule has 6 heteroatoms. The number of hydrogen-bond donors (Lipinski definition) is 0. The number of hydroxylamine groups is 2. The number of esters is 1. The monoisotopic (exact) mass is 221 g/mol. The summed E-state index contributed by atoms with van der Waals surface area (Å²) in [6, 6.07) is 1.21. The summed E-state index contributed by atoms with van der Waals surface area (Å²) in [5, 5.41) is 1.07. The van der Waals surface area contributed by atoms with Gasteiger partial charge in [0.2, 0.25) is 0 Å². The fraction of sp³-hybridized carbons (Fsp3) is 0.875. The molecule has 0 aliphatic rings. The summed E-state index contributed by atoms with van der Waals surface area (Å²) in [7, 11) is 2.95. The maximum absolute atomic E-state index is 11.1. The van der Waals surface area contributed by atoms with E-state index in [0.717, 1.165) is 11.6 Å². The van der Waals surface area contributed by atoms with Crippen molar-refractivity contribution in [3.63, 3.8) is 0 Å². The molecule has 0 fully saturated rings. The van der Waals surface area contributed by atoms with Crippen LogP contribution in [0.4, 0.5) is 0 Å². The van der Waals surface area contributed by atoms with Crippen LogP contribution in [0.5, 0.6) is 0 Å². The van der Waals surface area contributed by atoms with Gasteiger partial charge in [0.05, 0.1) is 20.8 Å². The largest absolute Gasteiger partial charge is 0.465 e. The van der Waals surface area contributed by atoms with E-state index in [4.69, 9.17) is 14.4 Å². The Balaban J connectivity index is 3.44. The zero-order chi connectivity index (χ0) is 10.8. The number of hydrogen-bond acceptors (Lipinski definition) is 5. The van der Waals surface area contributed by atoms with Crippen molar-refractivity contribution in [1.82, 2.24) is 5.23 Å². The molecule has 84 valence electrons. The van der Waals surface area contributed by atoms with Gasteiger partial charge in [-0.1, -0.05) is 17.8 Å². The molecule has 0 radical (unpaired) electrons. The van der Waals surface area contributed by atoms with Gasteiger partial charge in [-0.05, 0) is 6.42 Å². The summed E-state index contributed by atoms with van der Waals surface area (Å²) in [4.78, 5) is 20.6. The van der Waals surface area contributed by atoms with Crippen LogP contribution in [0.1, 0.15) is 6.42 Å². The van der Waals surface area contributed by atoms with Gasteiger partial charge in [-0.15, -0.1) is 0 Å². The average molecular weight is 221 g/mol. The Bertz CT molecular complexity index is 152. The molecule has 0 aromatic carbocycles. The molecule has 0 N–H and O–H groups in total. The molecule has 0 saturated heterocycles. The Hall–Kier alpha value is -0.433. The summed E-state index contributed by atoms with van der Waals surface area (Å²) < 4.78 is 4.96. The summed E-state index contributed by atoms with van der Waals surface area (Å²) in [5.74, 6) is -0.327. The van der Waals surface area contributed by atoms with Crippen LogP contribution >= 0.6 is 0 Å². The molecule has 0 aromatic rings. The van der Waals surface area contributed by atoms with Gasteiger partial charge < -0.3 is 4.74 Å². The highest BCUT2D eigenvalue weighted by Crippen LogP contribution is 1.93. The number of nitrogens with zero attached hydrogens (tertiary/aromatic N) is 1. The molecule has 0 spiro atoms.